The summed E-state index contributed by atoms with van der Waals surface area (Å²) in [5.41, 5.74) is 1.78. The van der Waals surface area contributed by atoms with Crippen molar-refractivity contribution in [2.24, 2.45) is 0 Å². The van der Waals surface area contributed by atoms with E-state index in [0.29, 0.717) is 22.2 Å². The number of thiophene rings is 1. The number of hydrogen-bond acceptors (Lipinski definition) is 5. The molecule has 4 aromatic rings. The van der Waals surface area contributed by atoms with E-state index in [1.165, 1.54) is 17.7 Å². The highest BCUT2D eigenvalue weighted by molar-refractivity contribution is 7.12. The van der Waals surface area contributed by atoms with Gasteiger partial charge in [0, 0.05) is 24.1 Å². The first-order valence-corrected chi connectivity index (χ1v) is 9.15. The molecule has 0 saturated carbocycles. The molecule has 1 amide bonds. The van der Waals surface area contributed by atoms with E-state index in [0.717, 1.165) is 11.4 Å². The Balaban J connectivity index is 1.44. The van der Waals surface area contributed by atoms with E-state index in [2.05, 4.69) is 15.3 Å². The Bertz CT molecular complexity index is 1060. The molecule has 0 fully saturated rings. The number of aryl methyl sites for hydroxylation is 1. The molecular formula is C20H16N4O2S. The second-order valence-electron chi connectivity index (χ2n) is 5.87. The smallest absolute Gasteiger partial charge is 0.265 e. The van der Waals surface area contributed by atoms with Gasteiger partial charge >= 0.3 is 0 Å². The summed E-state index contributed by atoms with van der Waals surface area (Å²) in [5.74, 6) is 1.67. The molecule has 0 saturated heterocycles. The van der Waals surface area contributed by atoms with Crippen LogP contribution >= 0.6 is 11.3 Å². The van der Waals surface area contributed by atoms with E-state index >= 15 is 0 Å². The van der Waals surface area contributed by atoms with Crippen LogP contribution in [0.4, 0.5) is 5.69 Å². The van der Waals surface area contributed by atoms with E-state index in [9.17, 15) is 4.79 Å². The predicted octanol–water partition coefficient (Wildman–Crippen LogP) is 4.68. The van der Waals surface area contributed by atoms with Crippen LogP contribution in [-0.4, -0.2) is 20.4 Å². The highest BCUT2D eigenvalue weighted by atomic mass is 32.1. The summed E-state index contributed by atoms with van der Waals surface area (Å²) >= 11 is 1.43. The number of rotatable bonds is 5. The maximum Gasteiger partial charge on any atom is 0.265 e. The number of ether oxygens (including phenoxy) is 1. The molecule has 3 aromatic heterocycles. The third-order valence-electron chi connectivity index (χ3n) is 3.79. The van der Waals surface area contributed by atoms with E-state index in [1.807, 2.05) is 47.5 Å². The van der Waals surface area contributed by atoms with Crippen LogP contribution in [-0.2, 0) is 0 Å². The lowest BCUT2D eigenvalue weighted by Crippen LogP contribution is -2.09. The van der Waals surface area contributed by atoms with Gasteiger partial charge in [-0.15, -0.1) is 11.3 Å². The van der Waals surface area contributed by atoms with Gasteiger partial charge in [0.25, 0.3) is 5.91 Å². The molecule has 0 radical (unpaired) electrons. The van der Waals surface area contributed by atoms with Crippen LogP contribution in [0.5, 0.6) is 11.6 Å². The molecule has 0 aliphatic carbocycles. The van der Waals surface area contributed by atoms with Crippen LogP contribution in [0.2, 0.25) is 0 Å². The molecule has 6 nitrogen and oxygen atoms in total. The summed E-state index contributed by atoms with van der Waals surface area (Å²) in [7, 11) is 0. The lowest BCUT2D eigenvalue weighted by molar-refractivity contribution is 0.103. The summed E-state index contributed by atoms with van der Waals surface area (Å²) in [6.45, 7) is 1.97. The molecule has 134 valence electrons. The lowest BCUT2D eigenvalue weighted by Gasteiger charge is -2.08. The minimum atomic E-state index is -0.117. The van der Waals surface area contributed by atoms with Crippen molar-refractivity contribution in [3.8, 4) is 17.4 Å². The second kappa shape index (κ2) is 7.43. The van der Waals surface area contributed by atoms with Crippen LogP contribution in [0.1, 0.15) is 15.2 Å². The molecule has 1 aromatic carbocycles. The number of nitrogens with one attached hydrogen (secondary N) is 1. The third-order valence-corrected chi connectivity index (χ3v) is 4.83. The molecule has 0 spiro atoms. The summed E-state index contributed by atoms with van der Waals surface area (Å²) in [6, 6.07) is 14.6. The maximum atomic E-state index is 12.2. The Morgan fingerprint density at radius 2 is 1.89 bits per heavy atom. The van der Waals surface area contributed by atoms with Gasteiger partial charge in [-0.2, -0.15) is 0 Å². The number of aromatic nitrogens is 3. The normalized spacial score (nSPS) is 10.6. The topological polar surface area (TPSA) is 69.0 Å². The third kappa shape index (κ3) is 4.04. The number of carbonyl (C=O) groups is 1. The van der Waals surface area contributed by atoms with Gasteiger partial charge in [-0.1, -0.05) is 0 Å². The van der Waals surface area contributed by atoms with Crippen LogP contribution in [0.15, 0.2) is 72.6 Å². The number of benzene rings is 1. The Labute approximate surface area is 160 Å². The molecule has 27 heavy (non-hydrogen) atoms. The van der Waals surface area contributed by atoms with Gasteiger partial charge < -0.3 is 14.6 Å². The molecule has 0 aliphatic heterocycles. The second-order valence-corrected chi connectivity index (χ2v) is 6.78. The van der Waals surface area contributed by atoms with E-state index in [4.69, 9.17) is 4.74 Å². The fourth-order valence-electron chi connectivity index (χ4n) is 2.48. The molecule has 0 unspecified atom stereocenters. The Morgan fingerprint density at radius 1 is 1.11 bits per heavy atom. The monoisotopic (exact) mass is 376 g/mol. The van der Waals surface area contributed by atoms with Crippen molar-refractivity contribution in [1.29, 1.82) is 0 Å². The van der Waals surface area contributed by atoms with E-state index in [-0.39, 0.29) is 5.91 Å². The van der Waals surface area contributed by atoms with Gasteiger partial charge in [0.1, 0.15) is 17.9 Å². The Kier molecular flexibility index (Phi) is 4.67. The van der Waals surface area contributed by atoms with Crippen LogP contribution < -0.4 is 10.1 Å². The van der Waals surface area contributed by atoms with Crippen LogP contribution in [0, 0.1) is 6.92 Å². The van der Waals surface area contributed by atoms with Gasteiger partial charge in [-0.05, 0) is 60.3 Å². The largest absolute Gasteiger partial charge is 0.439 e. The van der Waals surface area contributed by atoms with Gasteiger partial charge in [0.15, 0.2) is 0 Å². The zero-order chi connectivity index (χ0) is 18.6. The Morgan fingerprint density at radius 3 is 2.59 bits per heavy atom. The minimum Gasteiger partial charge on any atom is -0.439 e. The molecule has 0 atom stereocenters. The summed E-state index contributed by atoms with van der Waals surface area (Å²) < 4.78 is 7.66. The fourth-order valence-corrected chi connectivity index (χ4v) is 3.28. The van der Waals surface area contributed by atoms with Crippen molar-refractivity contribution < 1.29 is 9.53 Å². The molecule has 3 heterocycles. The quantitative estimate of drug-likeness (QED) is 0.549. The van der Waals surface area contributed by atoms with Crippen LogP contribution in [0.3, 0.4) is 0 Å². The van der Waals surface area contributed by atoms with Crippen LogP contribution in [0.25, 0.3) is 5.82 Å². The number of carbonyl (C=O) groups excluding carboxylic acids is 1. The lowest BCUT2D eigenvalue weighted by atomic mass is 10.3. The van der Waals surface area contributed by atoms with Crippen molar-refractivity contribution in [3.05, 3.63) is 83.1 Å². The summed E-state index contributed by atoms with van der Waals surface area (Å²) in [4.78, 5) is 21.3. The van der Waals surface area contributed by atoms with Gasteiger partial charge in [-0.25, -0.2) is 9.97 Å². The number of amides is 1. The predicted molar refractivity (Wildman–Crippen MR) is 105 cm³/mol. The molecular weight excluding hydrogens is 360 g/mol. The standard InChI is InChI=1S/C20H16N4O2S/c1-14-10-17(27-12-14)20(25)23-15-4-6-16(7-5-15)26-19-11-18(21-13-22-19)24-8-2-3-9-24/h2-13H,1H3,(H,23,25). The zero-order valence-electron chi connectivity index (χ0n) is 14.5. The zero-order valence-corrected chi connectivity index (χ0v) is 15.3. The van der Waals surface area contributed by atoms with Crippen molar-refractivity contribution >= 4 is 22.9 Å². The first kappa shape index (κ1) is 17.0. The number of hydrogen-bond donors (Lipinski definition) is 1. The van der Waals surface area contributed by atoms with Crippen molar-refractivity contribution in [3.63, 3.8) is 0 Å². The van der Waals surface area contributed by atoms with Crippen molar-refractivity contribution in [2.75, 3.05) is 5.32 Å². The molecule has 1 N–H and O–H groups in total. The summed E-state index contributed by atoms with van der Waals surface area (Å²) in [6.07, 6.45) is 5.26. The van der Waals surface area contributed by atoms with Gasteiger partial charge in [0.2, 0.25) is 5.88 Å². The molecule has 0 aliphatic rings. The van der Waals surface area contributed by atoms with E-state index in [1.54, 1.807) is 30.3 Å². The first-order valence-electron chi connectivity index (χ1n) is 8.27. The fraction of sp³-hybridized carbons (Fsp3) is 0.0500. The van der Waals surface area contributed by atoms with Crippen molar-refractivity contribution in [1.82, 2.24) is 14.5 Å². The number of anilines is 1. The van der Waals surface area contributed by atoms with Gasteiger partial charge in [-0.3, -0.25) is 4.79 Å². The van der Waals surface area contributed by atoms with E-state index < -0.39 is 0 Å². The number of nitrogens with zero attached hydrogens (tertiary/aromatic N) is 3. The highest BCUT2D eigenvalue weighted by Gasteiger charge is 2.09. The first-order chi connectivity index (χ1) is 13.2. The molecule has 4 rings (SSSR count). The average molecular weight is 376 g/mol. The Hall–Kier alpha value is -3.45. The molecule has 7 heteroatoms. The van der Waals surface area contributed by atoms with Crippen molar-refractivity contribution in [2.45, 2.75) is 6.92 Å². The highest BCUT2D eigenvalue weighted by Crippen LogP contribution is 2.23. The maximum absolute atomic E-state index is 12.2. The average Bonchev–Trinajstić information content (AvgIpc) is 3.35. The summed E-state index contributed by atoms with van der Waals surface area (Å²) in [5, 5.41) is 4.83. The minimum absolute atomic E-state index is 0.117. The SMILES string of the molecule is Cc1csc(C(=O)Nc2ccc(Oc3cc(-n4cccc4)ncn3)cc2)c1. The molecule has 0 bridgehead atoms. The van der Waals surface area contributed by atoms with Gasteiger partial charge in [0.05, 0.1) is 4.88 Å².